The lowest BCUT2D eigenvalue weighted by Crippen LogP contribution is -2.61. The van der Waals surface area contributed by atoms with E-state index in [-0.39, 0.29) is 42.0 Å². The van der Waals surface area contributed by atoms with E-state index in [0.717, 1.165) is 0 Å². The predicted molar refractivity (Wildman–Crippen MR) is 101 cm³/mol. The van der Waals surface area contributed by atoms with Crippen molar-refractivity contribution in [1.82, 2.24) is 0 Å². The van der Waals surface area contributed by atoms with Gasteiger partial charge in [-0.1, -0.05) is 32.9 Å². The Morgan fingerprint density at radius 2 is 1.93 bits per heavy atom. The highest BCUT2D eigenvalue weighted by Crippen LogP contribution is 2.76. The van der Waals surface area contributed by atoms with Crippen molar-refractivity contribution in [1.29, 1.82) is 0 Å². The molecule has 0 aliphatic heterocycles. The van der Waals surface area contributed by atoms with Crippen LogP contribution in [0.15, 0.2) is 23.3 Å². The summed E-state index contributed by atoms with van der Waals surface area (Å²) in [5.41, 5.74) is -3.19. The van der Waals surface area contributed by atoms with Crippen LogP contribution in [0.4, 0.5) is 0 Å². The second-order valence-corrected chi connectivity index (χ2v) is 9.94. The number of carbonyl (C=O) groups is 2. The van der Waals surface area contributed by atoms with Crippen LogP contribution in [-0.2, 0) is 14.3 Å². The Morgan fingerprint density at radius 1 is 1.29 bits per heavy atom. The summed E-state index contributed by atoms with van der Waals surface area (Å²) in [5.74, 6) is -2.42. The third kappa shape index (κ3) is 2.09. The first-order valence-electron chi connectivity index (χ1n) is 10.0. The predicted octanol–water partition coefficient (Wildman–Crippen LogP) is 1.53. The molecule has 4 aliphatic carbocycles. The first-order valence-corrected chi connectivity index (χ1v) is 10.0. The zero-order valence-corrected chi connectivity index (χ0v) is 17.2. The van der Waals surface area contributed by atoms with Gasteiger partial charge in [-0.15, -0.1) is 0 Å². The molecule has 6 nitrogen and oxygen atoms in total. The van der Waals surface area contributed by atoms with Crippen molar-refractivity contribution in [2.75, 3.05) is 6.61 Å². The average molecular weight is 390 g/mol. The van der Waals surface area contributed by atoms with E-state index in [9.17, 15) is 24.9 Å². The van der Waals surface area contributed by atoms with E-state index in [1.807, 2.05) is 26.8 Å². The van der Waals surface area contributed by atoms with E-state index in [1.54, 1.807) is 13.0 Å². The average Bonchev–Trinajstić information content (AvgIpc) is 2.99. The molecule has 0 bridgehead atoms. The minimum atomic E-state index is -1.75. The van der Waals surface area contributed by atoms with Crippen molar-refractivity contribution in [3.05, 3.63) is 23.3 Å². The maximum Gasteiger partial charge on any atom is 0.303 e. The summed E-state index contributed by atoms with van der Waals surface area (Å²) in [6, 6.07) is 0. The van der Waals surface area contributed by atoms with Gasteiger partial charge >= 0.3 is 5.97 Å². The van der Waals surface area contributed by atoms with Gasteiger partial charge in [0.25, 0.3) is 0 Å². The Kier molecular flexibility index (Phi) is 3.93. The maximum atomic E-state index is 12.8. The smallest absolute Gasteiger partial charge is 0.303 e. The van der Waals surface area contributed by atoms with Gasteiger partial charge in [-0.2, -0.15) is 0 Å². The summed E-state index contributed by atoms with van der Waals surface area (Å²) in [6.45, 7) is 8.72. The molecule has 0 aromatic rings. The molecule has 0 spiro atoms. The normalized spacial score (nSPS) is 48.5. The largest absolute Gasteiger partial charge is 0.458 e. The number of aliphatic hydroxyl groups is 3. The Labute approximate surface area is 165 Å². The van der Waals surface area contributed by atoms with E-state index >= 15 is 0 Å². The van der Waals surface area contributed by atoms with E-state index in [2.05, 4.69) is 0 Å². The van der Waals surface area contributed by atoms with Crippen molar-refractivity contribution in [2.24, 2.45) is 29.1 Å². The van der Waals surface area contributed by atoms with Crippen molar-refractivity contribution in [2.45, 2.75) is 64.3 Å². The van der Waals surface area contributed by atoms with E-state index < -0.39 is 28.6 Å². The van der Waals surface area contributed by atoms with Gasteiger partial charge in [0.15, 0.2) is 5.78 Å². The fourth-order valence-electron chi connectivity index (χ4n) is 6.85. The molecule has 1 unspecified atom stereocenters. The van der Waals surface area contributed by atoms with Gasteiger partial charge in [0, 0.05) is 36.5 Å². The lowest BCUT2D eigenvalue weighted by Gasteiger charge is -2.50. The molecule has 0 heterocycles. The zero-order valence-electron chi connectivity index (χ0n) is 17.2. The molecule has 0 aromatic carbocycles. The maximum absolute atomic E-state index is 12.8. The van der Waals surface area contributed by atoms with Crippen molar-refractivity contribution in [3.63, 3.8) is 0 Å². The molecular formula is C22H30O6. The number of hydrogen-bond acceptors (Lipinski definition) is 6. The summed E-state index contributed by atoms with van der Waals surface area (Å²) in [4.78, 5) is 24.7. The Bertz CT molecular complexity index is 825. The van der Waals surface area contributed by atoms with Crippen LogP contribution in [0.25, 0.3) is 0 Å². The number of carbonyl (C=O) groups excluding carboxylic acids is 2. The molecule has 0 saturated heterocycles. The van der Waals surface area contributed by atoms with Gasteiger partial charge in [0.1, 0.15) is 11.2 Å². The highest BCUT2D eigenvalue weighted by molar-refractivity contribution is 6.04. The number of hydrogen-bond donors (Lipinski definition) is 3. The highest BCUT2D eigenvalue weighted by Gasteiger charge is 2.83. The topological polar surface area (TPSA) is 104 Å². The molecule has 7 atom stereocenters. The molecule has 2 saturated carbocycles. The standard InChI is InChI=1S/C22H30O6/c1-11-6-16-20(26,18(11)25)9-14(10-23)7-15-17-19(4,5)21(17,28-13(3)24)8-12(2)22(15,16)27/h6-7,12,15-17,23,26-27H,8-10H2,1-5H3/t12-,15?,16-,17+,20-,21+,22-/m1/s1. The minimum Gasteiger partial charge on any atom is -0.458 e. The summed E-state index contributed by atoms with van der Waals surface area (Å²) in [6.07, 6.45) is 4.00. The summed E-state index contributed by atoms with van der Waals surface area (Å²) in [7, 11) is 0. The molecule has 154 valence electrons. The zero-order chi connectivity index (χ0) is 20.9. The fourth-order valence-corrected chi connectivity index (χ4v) is 6.85. The van der Waals surface area contributed by atoms with Crippen LogP contribution in [0, 0.1) is 29.1 Å². The fraction of sp³-hybridized carbons (Fsp3) is 0.727. The van der Waals surface area contributed by atoms with Crippen LogP contribution in [0.5, 0.6) is 0 Å². The summed E-state index contributed by atoms with van der Waals surface area (Å²) >= 11 is 0. The molecule has 0 aromatic heterocycles. The quantitative estimate of drug-likeness (QED) is 0.488. The third-order valence-corrected chi connectivity index (χ3v) is 8.20. The molecule has 4 aliphatic rings. The van der Waals surface area contributed by atoms with Crippen LogP contribution in [0.3, 0.4) is 0 Å². The van der Waals surface area contributed by atoms with Crippen LogP contribution in [-0.4, -0.2) is 50.5 Å². The number of rotatable bonds is 2. The number of Topliss-reactive ketones (excluding diaryl/α,β-unsaturated/α-hetero) is 1. The van der Waals surface area contributed by atoms with Gasteiger partial charge in [0.2, 0.25) is 0 Å². The van der Waals surface area contributed by atoms with Gasteiger partial charge in [-0.25, -0.2) is 0 Å². The van der Waals surface area contributed by atoms with Crippen molar-refractivity contribution >= 4 is 11.8 Å². The monoisotopic (exact) mass is 390 g/mol. The molecule has 0 amide bonds. The number of ketones is 1. The Hall–Kier alpha value is -1.50. The van der Waals surface area contributed by atoms with Crippen LogP contribution >= 0.6 is 0 Å². The van der Waals surface area contributed by atoms with E-state index in [0.29, 0.717) is 17.6 Å². The third-order valence-electron chi connectivity index (χ3n) is 8.20. The molecule has 4 rings (SSSR count). The summed E-state index contributed by atoms with van der Waals surface area (Å²) in [5, 5.41) is 33.4. The molecule has 2 fully saturated rings. The number of esters is 1. The van der Waals surface area contributed by atoms with E-state index in [4.69, 9.17) is 4.74 Å². The summed E-state index contributed by atoms with van der Waals surface area (Å²) < 4.78 is 5.83. The number of ether oxygens (including phenoxy) is 1. The Balaban J connectivity index is 1.90. The molecule has 6 heteroatoms. The second-order valence-electron chi connectivity index (χ2n) is 9.94. The van der Waals surface area contributed by atoms with Crippen LogP contribution < -0.4 is 0 Å². The molecule has 28 heavy (non-hydrogen) atoms. The van der Waals surface area contributed by atoms with Crippen LogP contribution in [0.1, 0.15) is 47.5 Å². The molecular weight excluding hydrogens is 360 g/mol. The van der Waals surface area contributed by atoms with Crippen molar-refractivity contribution in [3.8, 4) is 0 Å². The first-order chi connectivity index (χ1) is 12.9. The van der Waals surface area contributed by atoms with Crippen LogP contribution in [0.2, 0.25) is 0 Å². The van der Waals surface area contributed by atoms with Gasteiger partial charge in [-0.3, -0.25) is 9.59 Å². The highest BCUT2D eigenvalue weighted by atomic mass is 16.6. The van der Waals surface area contributed by atoms with Gasteiger partial charge in [0.05, 0.1) is 12.2 Å². The number of aliphatic hydroxyl groups excluding tert-OH is 1. The minimum absolute atomic E-state index is 0.0000834. The second kappa shape index (κ2) is 5.55. The molecule has 3 N–H and O–H groups in total. The molecule has 0 radical (unpaired) electrons. The van der Waals surface area contributed by atoms with Gasteiger partial charge in [-0.05, 0) is 30.4 Å². The number of fused-ring (bicyclic) bond motifs is 5. The SMILES string of the molecule is CC(=O)O[C@@]12C[C@@H](C)[C@@]3(O)C(C=C(CO)C[C@]4(O)C(=O)C(C)=C[C@@H]34)[C@H]1C2(C)C. The Morgan fingerprint density at radius 3 is 2.50 bits per heavy atom. The first kappa shape index (κ1) is 19.8. The lowest BCUT2D eigenvalue weighted by molar-refractivity contribution is -0.186. The van der Waals surface area contributed by atoms with Gasteiger partial charge < -0.3 is 20.1 Å². The lowest BCUT2D eigenvalue weighted by atomic mass is 9.60. The van der Waals surface area contributed by atoms with Crippen molar-refractivity contribution < 1.29 is 29.6 Å². The van der Waals surface area contributed by atoms with E-state index in [1.165, 1.54) is 6.92 Å².